The van der Waals surface area contributed by atoms with Crippen molar-refractivity contribution in [2.45, 2.75) is 17.1 Å². The average molecular weight is 618 g/mol. The molecule has 0 aromatic heterocycles. The van der Waals surface area contributed by atoms with Crippen LogP contribution in [0.1, 0.15) is 22.8 Å². The van der Waals surface area contributed by atoms with Gasteiger partial charge in [0.15, 0.2) is 11.5 Å². The van der Waals surface area contributed by atoms with Gasteiger partial charge in [-0.1, -0.05) is 35.9 Å². The lowest BCUT2D eigenvalue weighted by Crippen LogP contribution is -2.30. The lowest BCUT2D eigenvalue weighted by atomic mass is 10.1. The van der Waals surface area contributed by atoms with Crippen LogP contribution < -0.4 is 25.4 Å². The standard InChI is InChI=1S/C32H25ClFN3O5S/c1-19(30(38)36-22-12-15-28-29(16-22)42-18-41-28)43-23-13-10-21(11-14-23)35-32(40)27(17-24-25(33)8-5-9-26(24)34)37-31(39)20-6-3-2-4-7-20/h2-17,19H,18H2,1H3,(H,35,40)(H,36,38)(H,37,39)/b27-17-. The third-order valence-electron chi connectivity index (χ3n) is 6.25. The molecule has 1 aliphatic heterocycles. The molecule has 11 heteroatoms. The molecule has 0 saturated carbocycles. The number of carbonyl (C=O) groups is 3. The fourth-order valence-electron chi connectivity index (χ4n) is 4.03. The predicted molar refractivity (Wildman–Crippen MR) is 165 cm³/mol. The van der Waals surface area contributed by atoms with Crippen LogP contribution in [-0.4, -0.2) is 29.8 Å². The summed E-state index contributed by atoms with van der Waals surface area (Å²) in [5.74, 6) is -0.869. The molecule has 0 fully saturated rings. The van der Waals surface area contributed by atoms with Crippen LogP contribution in [0.25, 0.3) is 6.08 Å². The normalized spacial score (nSPS) is 12.8. The van der Waals surface area contributed by atoms with Gasteiger partial charge in [0.2, 0.25) is 12.7 Å². The smallest absolute Gasteiger partial charge is 0.272 e. The number of ether oxygens (including phenoxy) is 2. The summed E-state index contributed by atoms with van der Waals surface area (Å²) in [5.41, 5.74) is 1.10. The fraction of sp³-hybridized carbons (Fsp3) is 0.0938. The van der Waals surface area contributed by atoms with E-state index in [0.717, 1.165) is 4.90 Å². The monoisotopic (exact) mass is 617 g/mol. The molecule has 0 aliphatic carbocycles. The summed E-state index contributed by atoms with van der Waals surface area (Å²) < 4.78 is 25.2. The Morgan fingerprint density at radius 2 is 1.60 bits per heavy atom. The Balaban J connectivity index is 1.25. The maximum absolute atomic E-state index is 14.5. The molecule has 218 valence electrons. The average Bonchev–Trinajstić information content (AvgIpc) is 3.48. The van der Waals surface area contributed by atoms with Crippen molar-refractivity contribution < 1.29 is 28.2 Å². The first kappa shape index (κ1) is 29.7. The number of rotatable bonds is 9. The van der Waals surface area contributed by atoms with Crippen LogP contribution >= 0.6 is 23.4 Å². The number of hydrogen-bond acceptors (Lipinski definition) is 6. The Morgan fingerprint density at radius 3 is 2.35 bits per heavy atom. The number of thioether (sulfide) groups is 1. The molecule has 0 spiro atoms. The summed E-state index contributed by atoms with van der Waals surface area (Å²) >= 11 is 7.51. The van der Waals surface area contributed by atoms with Crippen LogP contribution in [0.5, 0.6) is 11.5 Å². The van der Waals surface area contributed by atoms with Crippen molar-refractivity contribution in [3.63, 3.8) is 0 Å². The molecule has 3 N–H and O–H groups in total. The first-order valence-electron chi connectivity index (χ1n) is 13.1. The van der Waals surface area contributed by atoms with E-state index in [2.05, 4.69) is 16.0 Å². The first-order valence-corrected chi connectivity index (χ1v) is 14.3. The molecule has 4 aromatic rings. The van der Waals surface area contributed by atoms with E-state index in [1.54, 1.807) is 79.7 Å². The summed E-state index contributed by atoms with van der Waals surface area (Å²) in [5, 5.41) is 7.79. The molecule has 1 atom stereocenters. The van der Waals surface area contributed by atoms with Gasteiger partial charge in [-0.2, -0.15) is 0 Å². The van der Waals surface area contributed by atoms with Gasteiger partial charge in [-0.3, -0.25) is 14.4 Å². The Kier molecular flexibility index (Phi) is 9.29. The van der Waals surface area contributed by atoms with E-state index in [0.29, 0.717) is 28.4 Å². The predicted octanol–water partition coefficient (Wildman–Crippen LogP) is 6.74. The highest BCUT2D eigenvalue weighted by molar-refractivity contribution is 8.00. The lowest BCUT2D eigenvalue weighted by molar-refractivity contribution is -0.115. The highest BCUT2D eigenvalue weighted by atomic mass is 35.5. The van der Waals surface area contributed by atoms with Crippen molar-refractivity contribution in [3.05, 3.63) is 119 Å². The lowest BCUT2D eigenvalue weighted by Gasteiger charge is -2.14. The van der Waals surface area contributed by atoms with Crippen LogP contribution in [0.3, 0.4) is 0 Å². The summed E-state index contributed by atoms with van der Waals surface area (Å²) in [6, 6.07) is 24.5. The van der Waals surface area contributed by atoms with Gasteiger partial charge in [0.1, 0.15) is 11.5 Å². The topological polar surface area (TPSA) is 106 Å². The van der Waals surface area contributed by atoms with Crippen molar-refractivity contribution in [2.24, 2.45) is 0 Å². The van der Waals surface area contributed by atoms with Gasteiger partial charge in [0.05, 0.1) is 10.3 Å². The molecule has 4 aromatic carbocycles. The second-order valence-electron chi connectivity index (χ2n) is 9.31. The van der Waals surface area contributed by atoms with Crippen LogP contribution in [-0.2, 0) is 9.59 Å². The molecule has 1 heterocycles. The number of halogens is 2. The van der Waals surface area contributed by atoms with E-state index in [9.17, 15) is 18.8 Å². The van der Waals surface area contributed by atoms with Gasteiger partial charge in [-0.15, -0.1) is 11.8 Å². The molecular formula is C32H25ClFN3O5S. The van der Waals surface area contributed by atoms with Gasteiger partial charge < -0.3 is 25.4 Å². The van der Waals surface area contributed by atoms with E-state index in [1.165, 1.54) is 36.0 Å². The van der Waals surface area contributed by atoms with Gasteiger partial charge >= 0.3 is 0 Å². The molecule has 5 rings (SSSR count). The van der Waals surface area contributed by atoms with Crippen molar-refractivity contribution in [1.82, 2.24) is 5.32 Å². The molecule has 1 aliphatic rings. The van der Waals surface area contributed by atoms with Crippen LogP contribution in [0.2, 0.25) is 5.02 Å². The van der Waals surface area contributed by atoms with Crippen LogP contribution in [0.4, 0.5) is 15.8 Å². The van der Waals surface area contributed by atoms with Gasteiger partial charge in [0, 0.05) is 33.5 Å². The van der Waals surface area contributed by atoms with E-state index in [1.807, 2.05) is 0 Å². The zero-order valence-electron chi connectivity index (χ0n) is 22.7. The number of amides is 3. The molecule has 8 nitrogen and oxygen atoms in total. The third kappa shape index (κ3) is 7.54. The van der Waals surface area contributed by atoms with Gasteiger partial charge in [0.25, 0.3) is 11.8 Å². The number of nitrogens with one attached hydrogen (secondary N) is 3. The quantitative estimate of drug-likeness (QED) is 0.142. The van der Waals surface area contributed by atoms with Crippen molar-refractivity contribution in [2.75, 3.05) is 17.4 Å². The van der Waals surface area contributed by atoms with Gasteiger partial charge in [-0.25, -0.2) is 4.39 Å². The summed E-state index contributed by atoms with van der Waals surface area (Å²) in [6.07, 6.45) is 1.19. The zero-order chi connectivity index (χ0) is 30.3. The zero-order valence-corrected chi connectivity index (χ0v) is 24.3. The van der Waals surface area contributed by atoms with E-state index < -0.39 is 22.9 Å². The van der Waals surface area contributed by atoms with Crippen molar-refractivity contribution >= 4 is 58.5 Å². The Morgan fingerprint density at radius 1 is 0.884 bits per heavy atom. The SMILES string of the molecule is CC(Sc1ccc(NC(=O)/C(=C/c2c(F)cccc2Cl)NC(=O)c2ccccc2)cc1)C(=O)Nc1ccc2c(c1)OCO2. The molecule has 1 unspecified atom stereocenters. The van der Waals surface area contributed by atoms with Gasteiger partial charge in [-0.05, 0) is 73.7 Å². The second kappa shape index (κ2) is 13.5. The summed E-state index contributed by atoms with van der Waals surface area (Å²) in [6.45, 7) is 1.93. The number of carbonyl (C=O) groups excluding carboxylic acids is 3. The minimum Gasteiger partial charge on any atom is -0.454 e. The number of hydrogen-bond donors (Lipinski definition) is 3. The molecule has 0 saturated heterocycles. The van der Waals surface area contributed by atoms with E-state index in [-0.39, 0.29) is 29.0 Å². The first-order chi connectivity index (χ1) is 20.8. The molecule has 0 radical (unpaired) electrons. The summed E-state index contributed by atoms with van der Waals surface area (Å²) in [4.78, 5) is 39.6. The highest BCUT2D eigenvalue weighted by Gasteiger charge is 2.19. The minimum absolute atomic E-state index is 0.0394. The number of benzene rings is 4. The number of anilines is 2. The Labute approximate surface area is 256 Å². The van der Waals surface area contributed by atoms with E-state index in [4.69, 9.17) is 21.1 Å². The molecule has 43 heavy (non-hydrogen) atoms. The van der Waals surface area contributed by atoms with Crippen LogP contribution in [0.15, 0.2) is 102 Å². The molecular weight excluding hydrogens is 593 g/mol. The fourth-order valence-corrected chi connectivity index (χ4v) is 5.11. The number of fused-ring (bicyclic) bond motifs is 1. The van der Waals surface area contributed by atoms with Crippen molar-refractivity contribution in [1.29, 1.82) is 0 Å². The maximum atomic E-state index is 14.5. The molecule has 0 bridgehead atoms. The Bertz CT molecular complexity index is 1680. The summed E-state index contributed by atoms with van der Waals surface area (Å²) in [7, 11) is 0. The third-order valence-corrected chi connectivity index (χ3v) is 7.69. The maximum Gasteiger partial charge on any atom is 0.272 e. The second-order valence-corrected chi connectivity index (χ2v) is 11.1. The highest BCUT2D eigenvalue weighted by Crippen LogP contribution is 2.34. The van der Waals surface area contributed by atoms with Crippen molar-refractivity contribution in [3.8, 4) is 11.5 Å². The minimum atomic E-state index is -0.680. The largest absolute Gasteiger partial charge is 0.454 e. The molecule has 3 amide bonds. The van der Waals surface area contributed by atoms with Crippen LogP contribution in [0, 0.1) is 5.82 Å². The van der Waals surface area contributed by atoms with E-state index >= 15 is 0 Å². The Hall–Kier alpha value is -4.80.